The maximum atomic E-state index is 6.26. The van der Waals surface area contributed by atoms with Crippen molar-refractivity contribution in [2.24, 2.45) is 0 Å². The molecule has 23 heavy (non-hydrogen) atoms. The van der Waals surface area contributed by atoms with E-state index in [1.54, 1.807) is 0 Å². The van der Waals surface area contributed by atoms with Crippen LogP contribution >= 0.6 is 0 Å². The first-order valence-corrected chi connectivity index (χ1v) is 8.41. The molecule has 2 aliphatic heterocycles. The van der Waals surface area contributed by atoms with Crippen molar-refractivity contribution in [1.29, 1.82) is 0 Å². The molecule has 0 radical (unpaired) electrons. The Balaban J connectivity index is 1.65. The van der Waals surface area contributed by atoms with Gasteiger partial charge in [-0.1, -0.05) is 6.92 Å². The normalized spacial score (nSPS) is 28.6. The van der Waals surface area contributed by atoms with Crippen LogP contribution in [-0.2, 0) is 15.9 Å². The molecule has 2 aromatic rings. The van der Waals surface area contributed by atoms with E-state index in [1.807, 2.05) is 16.6 Å². The minimum Gasteiger partial charge on any atom is -0.378 e. The Labute approximate surface area is 135 Å². The third-order valence-corrected chi connectivity index (χ3v) is 4.65. The second-order valence-electron chi connectivity index (χ2n) is 6.58. The predicted octanol–water partition coefficient (Wildman–Crippen LogP) is 1.46. The van der Waals surface area contributed by atoms with Crippen molar-refractivity contribution in [3.63, 3.8) is 0 Å². The molecule has 2 fully saturated rings. The van der Waals surface area contributed by atoms with Gasteiger partial charge in [0.05, 0.1) is 19.3 Å². The van der Waals surface area contributed by atoms with Crippen LogP contribution in [0.25, 0.3) is 5.65 Å². The van der Waals surface area contributed by atoms with Crippen molar-refractivity contribution in [2.45, 2.75) is 44.8 Å². The first kappa shape index (κ1) is 14.8. The molecule has 4 rings (SSSR count). The van der Waals surface area contributed by atoms with Crippen molar-refractivity contribution < 1.29 is 9.47 Å². The van der Waals surface area contributed by atoms with Gasteiger partial charge in [-0.2, -0.15) is 4.52 Å². The Kier molecular flexibility index (Phi) is 3.69. The van der Waals surface area contributed by atoms with Crippen molar-refractivity contribution in [1.82, 2.24) is 19.8 Å². The fourth-order valence-electron chi connectivity index (χ4n) is 3.66. The zero-order valence-corrected chi connectivity index (χ0v) is 13.7. The SMILES string of the molecule is CCc1nnc2ccc(N3CC(C)OC4(CCCOC4)C3)nn12. The number of hydrogen-bond donors (Lipinski definition) is 0. The number of fused-ring (bicyclic) bond motifs is 1. The van der Waals surface area contributed by atoms with Crippen LogP contribution in [0.4, 0.5) is 5.82 Å². The highest BCUT2D eigenvalue weighted by molar-refractivity contribution is 5.46. The molecular weight excluding hydrogens is 294 g/mol. The lowest BCUT2D eigenvalue weighted by molar-refractivity contribution is -0.160. The summed E-state index contributed by atoms with van der Waals surface area (Å²) < 4.78 is 13.8. The van der Waals surface area contributed by atoms with E-state index >= 15 is 0 Å². The summed E-state index contributed by atoms with van der Waals surface area (Å²) in [4.78, 5) is 2.31. The third-order valence-electron chi connectivity index (χ3n) is 4.65. The summed E-state index contributed by atoms with van der Waals surface area (Å²) in [5, 5.41) is 13.1. The lowest BCUT2D eigenvalue weighted by Crippen LogP contribution is -2.59. The number of aryl methyl sites for hydroxylation is 1. The summed E-state index contributed by atoms with van der Waals surface area (Å²) in [6.45, 7) is 7.35. The third kappa shape index (κ3) is 2.68. The Morgan fingerprint density at radius 3 is 3.04 bits per heavy atom. The topological polar surface area (TPSA) is 64.8 Å². The number of rotatable bonds is 2. The van der Waals surface area contributed by atoms with Gasteiger partial charge < -0.3 is 14.4 Å². The predicted molar refractivity (Wildman–Crippen MR) is 85.7 cm³/mol. The van der Waals surface area contributed by atoms with Gasteiger partial charge in [-0.3, -0.25) is 0 Å². The second-order valence-corrected chi connectivity index (χ2v) is 6.58. The van der Waals surface area contributed by atoms with E-state index in [2.05, 4.69) is 28.9 Å². The highest BCUT2D eigenvalue weighted by atomic mass is 16.6. The molecule has 2 aromatic heterocycles. The quantitative estimate of drug-likeness (QED) is 0.835. The number of ether oxygens (including phenoxy) is 2. The van der Waals surface area contributed by atoms with Crippen LogP contribution in [0.5, 0.6) is 0 Å². The van der Waals surface area contributed by atoms with E-state index < -0.39 is 0 Å². The molecule has 7 heteroatoms. The lowest BCUT2D eigenvalue weighted by atomic mass is 9.93. The van der Waals surface area contributed by atoms with E-state index in [-0.39, 0.29) is 11.7 Å². The highest BCUT2D eigenvalue weighted by Gasteiger charge is 2.41. The average Bonchev–Trinajstić information content (AvgIpc) is 2.97. The summed E-state index contributed by atoms with van der Waals surface area (Å²) in [5.41, 5.74) is 0.593. The summed E-state index contributed by atoms with van der Waals surface area (Å²) in [6.07, 6.45) is 3.07. The molecule has 1 spiro atoms. The van der Waals surface area contributed by atoms with E-state index in [1.165, 1.54) is 0 Å². The zero-order valence-electron chi connectivity index (χ0n) is 13.7. The van der Waals surface area contributed by atoms with Crippen molar-refractivity contribution in [3.05, 3.63) is 18.0 Å². The van der Waals surface area contributed by atoms with Crippen molar-refractivity contribution in [3.8, 4) is 0 Å². The molecule has 2 atom stereocenters. The van der Waals surface area contributed by atoms with Gasteiger partial charge in [0.15, 0.2) is 11.5 Å². The maximum absolute atomic E-state index is 6.26. The van der Waals surface area contributed by atoms with Crippen LogP contribution < -0.4 is 4.90 Å². The van der Waals surface area contributed by atoms with Crippen LogP contribution in [0.1, 0.15) is 32.5 Å². The van der Waals surface area contributed by atoms with Gasteiger partial charge in [-0.15, -0.1) is 15.3 Å². The van der Waals surface area contributed by atoms with E-state index in [0.717, 1.165) is 56.2 Å². The Morgan fingerprint density at radius 1 is 1.35 bits per heavy atom. The molecule has 2 aliphatic rings. The monoisotopic (exact) mass is 317 g/mol. The van der Waals surface area contributed by atoms with Gasteiger partial charge >= 0.3 is 0 Å². The van der Waals surface area contributed by atoms with Gasteiger partial charge in [-0.05, 0) is 31.9 Å². The second kappa shape index (κ2) is 5.72. The van der Waals surface area contributed by atoms with E-state index in [4.69, 9.17) is 14.6 Å². The largest absolute Gasteiger partial charge is 0.378 e. The molecule has 0 N–H and O–H groups in total. The summed E-state index contributed by atoms with van der Waals surface area (Å²) in [5.74, 6) is 1.84. The fourth-order valence-corrected chi connectivity index (χ4v) is 3.66. The van der Waals surface area contributed by atoms with Gasteiger partial charge in [0, 0.05) is 19.6 Å². The molecule has 2 unspecified atom stereocenters. The van der Waals surface area contributed by atoms with Crippen LogP contribution in [0.15, 0.2) is 12.1 Å². The first-order chi connectivity index (χ1) is 11.2. The fraction of sp³-hybridized carbons (Fsp3) is 0.688. The average molecular weight is 317 g/mol. The van der Waals surface area contributed by atoms with Crippen molar-refractivity contribution >= 4 is 11.5 Å². The van der Waals surface area contributed by atoms with E-state index in [0.29, 0.717) is 6.61 Å². The summed E-state index contributed by atoms with van der Waals surface area (Å²) in [6, 6.07) is 4.01. The molecule has 0 bridgehead atoms. The minimum absolute atomic E-state index is 0.162. The molecule has 2 saturated heterocycles. The molecule has 0 aromatic carbocycles. The zero-order chi connectivity index (χ0) is 15.9. The smallest absolute Gasteiger partial charge is 0.178 e. The Hall–Kier alpha value is -1.73. The Bertz CT molecular complexity index is 695. The molecule has 7 nitrogen and oxygen atoms in total. The van der Waals surface area contributed by atoms with Gasteiger partial charge in [0.1, 0.15) is 11.4 Å². The number of nitrogens with zero attached hydrogens (tertiary/aromatic N) is 5. The molecule has 4 heterocycles. The maximum Gasteiger partial charge on any atom is 0.178 e. The number of aromatic nitrogens is 4. The standard InChI is InChI=1S/C16H23N5O2/c1-3-13-17-18-14-5-6-15(19-21(13)14)20-9-12(2)23-16(10-20)7-4-8-22-11-16/h5-6,12H,3-4,7-11H2,1-2H3. The number of morpholine rings is 1. The van der Waals surface area contributed by atoms with Crippen LogP contribution in [-0.4, -0.2) is 57.8 Å². The molecular formula is C16H23N5O2. The van der Waals surface area contributed by atoms with E-state index in [9.17, 15) is 0 Å². The molecule has 0 aliphatic carbocycles. The summed E-state index contributed by atoms with van der Waals surface area (Å²) in [7, 11) is 0. The van der Waals surface area contributed by atoms with Crippen LogP contribution in [0.3, 0.4) is 0 Å². The van der Waals surface area contributed by atoms with Gasteiger partial charge in [0.25, 0.3) is 0 Å². The molecule has 124 valence electrons. The summed E-state index contributed by atoms with van der Waals surface area (Å²) >= 11 is 0. The Morgan fingerprint density at radius 2 is 2.26 bits per heavy atom. The highest BCUT2D eigenvalue weighted by Crippen LogP contribution is 2.31. The van der Waals surface area contributed by atoms with Crippen LogP contribution in [0, 0.1) is 0 Å². The van der Waals surface area contributed by atoms with Crippen LogP contribution in [0.2, 0.25) is 0 Å². The minimum atomic E-state index is -0.201. The number of anilines is 1. The lowest BCUT2D eigenvalue weighted by Gasteiger charge is -2.47. The van der Waals surface area contributed by atoms with Gasteiger partial charge in [0.2, 0.25) is 0 Å². The first-order valence-electron chi connectivity index (χ1n) is 8.41. The molecule has 0 saturated carbocycles. The van der Waals surface area contributed by atoms with Gasteiger partial charge in [-0.25, -0.2) is 0 Å². The van der Waals surface area contributed by atoms with Crippen molar-refractivity contribution in [2.75, 3.05) is 31.2 Å². The number of hydrogen-bond acceptors (Lipinski definition) is 6. The molecule has 0 amide bonds.